The fourth-order valence-corrected chi connectivity index (χ4v) is 3.86. The molecule has 0 aliphatic heterocycles. The molecule has 0 fully saturated rings. The highest BCUT2D eigenvalue weighted by atomic mass is 32.2. The normalized spacial score (nSPS) is 11.7. The Morgan fingerprint density at radius 1 is 1.03 bits per heavy atom. The molecule has 8 heteroatoms. The van der Waals surface area contributed by atoms with Crippen LogP contribution in [0.2, 0.25) is 0 Å². The number of rotatable bonds is 8. The van der Waals surface area contributed by atoms with Crippen LogP contribution in [-0.2, 0) is 21.3 Å². The van der Waals surface area contributed by atoms with Crippen molar-refractivity contribution in [1.29, 1.82) is 0 Å². The van der Waals surface area contributed by atoms with Gasteiger partial charge in [-0.15, -0.1) is 0 Å². The van der Waals surface area contributed by atoms with E-state index in [0.717, 1.165) is 21.8 Å². The van der Waals surface area contributed by atoms with Crippen LogP contribution >= 0.6 is 0 Å². The van der Waals surface area contributed by atoms with E-state index in [4.69, 9.17) is 9.47 Å². The van der Waals surface area contributed by atoms with Crippen molar-refractivity contribution in [3.63, 3.8) is 0 Å². The zero-order valence-corrected chi connectivity index (χ0v) is 17.5. The van der Waals surface area contributed by atoms with Crippen LogP contribution in [0.1, 0.15) is 17.3 Å². The van der Waals surface area contributed by atoms with Gasteiger partial charge in [-0.25, -0.2) is 17.5 Å². The predicted molar refractivity (Wildman–Crippen MR) is 111 cm³/mol. The Balaban J connectivity index is 1.57. The molecule has 1 heterocycles. The highest BCUT2D eigenvalue weighted by molar-refractivity contribution is 7.89. The second kappa shape index (κ2) is 8.67. The molecule has 0 spiro atoms. The minimum absolute atomic E-state index is 0.0855. The molecule has 0 aliphatic rings. The average Bonchev–Trinajstić information content (AvgIpc) is 3.10. The number of hydrogen-bond donors (Lipinski definition) is 0. The molecule has 0 amide bonds. The van der Waals surface area contributed by atoms with Gasteiger partial charge in [0, 0.05) is 37.7 Å². The van der Waals surface area contributed by atoms with Crippen LogP contribution in [0.15, 0.2) is 59.6 Å². The number of carbonyl (C=O) groups excluding carboxylic acids is 1. The molecule has 0 saturated heterocycles. The third kappa shape index (κ3) is 4.44. The first kappa shape index (κ1) is 20.9. The fourth-order valence-electron chi connectivity index (χ4n) is 2.96. The standard InChI is InChI=1S/C21H24N2O5S/c1-4-23-15-19(18-7-5-6-8-20(18)23)21(24)28-14-13-27-16-9-11-17(12-10-16)29(25,26)22(2)3/h5-12,15H,4,13-14H2,1-3H3. The average molecular weight is 416 g/mol. The van der Waals surface area contributed by atoms with Crippen LogP contribution in [0.3, 0.4) is 0 Å². The van der Waals surface area contributed by atoms with Crippen molar-refractivity contribution in [1.82, 2.24) is 8.87 Å². The maximum absolute atomic E-state index is 12.5. The molecule has 0 bridgehead atoms. The second-order valence-corrected chi connectivity index (χ2v) is 8.74. The van der Waals surface area contributed by atoms with E-state index < -0.39 is 16.0 Å². The Kier molecular flexibility index (Phi) is 6.24. The summed E-state index contributed by atoms with van der Waals surface area (Å²) in [5, 5.41) is 0.859. The van der Waals surface area contributed by atoms with E-state index in [-0.39, 0.29) is 18.1 Å². The number of fused-ring (bicyclic) bond motifs is 1. The van der Waals surface area contributed by atoms with E-state index >= 15 is 0 Å². The van der Waals surface area contributed by atoms with Gasteiger partial charge in [0.15, 0.2) is 0 Å². The maximum atomic E-state index is 12.5. The van der Waals surface area contributed by atoms with Crippen molar-refractivity contribution >= 4 is 26.9 Å². The summed E-state index contributed by atoms with van der Waals surface area (Å²) in [6.45, 7) is 3.03. The molecule has 0 unspecified atom stereocenters. The molecule has 0 radical (unpaired) electrons. The lowest BCUT2D eigenvalue weighted by Crippen LogP contribution is -2.22. The number of esters is 1. The summed E-state index contributed by atoms with van der Waals surface area (Å²) in [5.41, 5.74) is 1.52. The van der Waals surface area contributed by atoms with Crippen molar-refractivity contribution in [2.24, 2.45) is 0 Å². The quantitative estimate of drug-likeness (QED) is 0.416. The SMILES string of the molecule is CCn1cc(C(=O)OCCOc2ccc(S(=O)(=O)N(C)C)cc2)c2ccccc21. The van der Waals surface area contributed by atoms with Crippen molar-refractivity contribution in [3.8, 4) is 5.75 Å². The molecule has 3 rings (SSSR count). The number of sulfonamides is 1. The lowest BCUT2D eigenvalue weighted by atomic mass is 10.2. The van der Waals surface area contributed by atoms with Crippen molar-refractivity contribution in [2.75, 3.05) is 27.3 Å². The molecule has 154 valence electrons. The number of nitrogens with zero attached hydrogens (tertiary/aromatic N) is 2. The van der Waals surface area contributed by atoms with E-state index in [1.807, 2.05) is 35.8 Å². The highest BCUT2D eigenvalue weighted by Crippen LogP contribution is 2.22. The lowest BCUT2D eigenvalue weighted by molar-refractivity contribution is 0.0452. The number of benzene rings is 2. The molecule has 0 N–H and O–H groups in total. The molecule has 0 aliphatic carbocycles. The maximum Gasteiger partial charge on any atom is 0.340 e. The fraction of sp³-hybridized carbons (Fsp3) is 0.286. The van der Waals surface area contributed by atoms with Gasteiger partial charge in [-0.2, -0.15) is 0 Å². The summed E-state index contributed by atoms with van der Waals surface area (Å²) in [6, 6.07) is 13.8. The van der Waals surface area contributed by atoms with E-state index in [1.165, 1.54) is 26.2 Å². The van der Waals surface area contributed by atoms with Crippen LogP contribution in [0.5, 0.6) is 5.75 Å². The second-order valence-electron chi connectivity index (χ2n) is 6.59. The van der Waals surface area contributed by atoms with Crippen molar-refractivity contribution in [2.45, 2.75) is 18.4 Å². The van der Waals surface area contributed by atoms with Gasteiger partial charge >= 0.3 is 5.97 Å². The Morgan fingerprint density at radius 3 is 2.38 bits per heavy atom. The number of ether oxygens (including phenoxy) is 2. The van der Waals surface area contributed by atoms with Crippen LogP contribution in [0.25, 0.3) is 10.9 Å². The first-order valence-electron chi connectivity index (χ1n) is 9.25. The Labute approximate surface area is 170 Å². The summed E-state index contributed by atoms with van der Waals surface area (Å²) in [5.74, 6) is 0.103. The Bertz CT molecular complexity index is 1100. The largest absolute Gasteiger partial charge is 0.490 e. The number of aromatic nitrogens is 1. The molecule has 0 atom stereocenters. The monoisotopic (exact) mass is 416 g/mol. The van der Waals surface area contributed by atoms with Gasteiger partial charge in [0.05, 0.1) is 10.5 Å². The molecule has 1 aromatic heterocycles. The van der Waals surface area contributed by atoms with Crippen molar-refractivity contribution in [3.05, 3.63) is 60.3 Å². The molecule has 2 aromatic carbocycles. The predicted octanol–water partition coefficient (Wildman–Crippen LogP) is 3.15. The molecule has 7 nitrogen and oxygen atoms in total. The number of carbonyl (C=O) groups is 1. The summed E-state index contributed by atoms with van der Waals surface area (Å²) in [4.78, 5) is 12.6. The molecular formula is C21H24N2O5S. The first-order valence-corrected chi connectivity index (χ1v) is 10.7. The van der Waals surface area contributed by atoms with Gasteiger partial charge in [0.1, 0.15) is 19.0 Å². The summed E-state index contributed by atoms with van der Waals surface area (Å²) >= 11 is 0. The lowest BCUT2D eigenvalue weighted by Gasteiger charge is -2.12. The van der Waals surface area contributed by atoms with Crippen LogP contribution in [0, 0.1) is 0 Å². The molecule has 29 heavy (non-hydrogen) atoms. The van der Waals surface area contributed by atoms with Crippen LogP contribution < -0.4 is 4.74 Å². The minimum Gasteiger partial charge on any atom is -0.490 e. The van der Waals surface area contributed by atoms with Gasteiger partial charge in [-0.1, -0.05) is 18.2 Å². The number of aryl methyl sites for hydroxylation is 1. The smallest absolute Gasteiger partial charge is 0.340 e. The van der Waals surface area contributed by atoms with Crippen molar-refractivity contribution < 1.29 is 22.7 Å². The molecular weight excluding hydrogens is 392 g/mol. The van der Waals surface area contributed by atoms with Gasteiger partial charge < -0.3 is 14.0 Å². The summed E-state index contributed by atoms with van der Waals surface area (Å²) in [7, 11) is -0.516. The summed E-state index contributed by atoms with van der Waals surface area (Å²) in [6.07, 6.45) is 1.80. The zero-order valence-electron chi connectivity index (χ0n) is 16.7. The van der Waals surface area contributed by atoms with Crippen LogP contribution in [0.4, 0.5) is 0 Å². The third-order valence-electron chi connectivity index (χ3n) is 4.54. The third-order valence-corrected chi connectivity index (χ3v) is 6.37. The first-order chi connectivity index (χ1) is 13.8. The van der Waals surface area contributed by atoms with E-state index in [2.05, 4.69) is 0 Å². The zero-order chi connectivity index (χ0) is 21.0. The topological polar surface area (TPSA) is 77.8 Å². The van der Waals surface area contributed by atoms with E-state index in [0.29, 0.717) is 11.3 Å². The Hall–Kier alpha value is -2.84. The molecule has 3 aromatic rings. The highest BCUT2D eigenvalue weighted by Gasteiger charge is 2.17. The van der Waals surface area contributed by atoms with E-state index in [1.54, 1.807) is 18.3 Å². The summed E-state index contributed by atoms with van der Waals surface area (Å²) < 4.78 is 38.2. The number of hydrogen-bond acceptors (Lipinski definition) is 5. The molecule has 0 saturated carbocycles. The van der Waals surface area contributed by atoms with Gasteiger partial charge in [-0.3, -0.25) is 0 Å². The Morgan fingerprint density at radius 2 is 1.72 bits per heavy atom. The van der Waals surface area contributed by atoms with Gasteiger partial charge in [0.25, 0.3) is 0 Å². The minimum atomic E-state index is -3.47. The van der Waals surface area contributed by atoms with Gasteiger partial charge in [0.2, 0.25) is 10.0 Å². The van der Waals surface area contributed by atoms with Gasteiger partial charge in [-0.05, 0) is 37.3 Å². The number of para-hydroxylation sites is 1. The van der Waals surface area contributed by atoms with Crippen LogP contribution in [-0.4, -0.2) is 50.6 Å². The van der Waals surface area contributed by atoms with E-state index in [9.17, 15) is 13.2 Å².